The summed E-state index contributed by atoms with van der Waals surface area (Å²) < 4.78 is 5.51. The first-order chi connectivity index (χ1) is 10.0. The lowest BCUT2D eigenvalue weighted by atomic mass is 9.93. The number of nitrogens with one attached hydrogen (secondary N) is 1. The average molecular weight is 283 g/mol. The first-order valence-electron chi connectivity index (χ1n) is 7.43. The van der Waals surface area contributed by atoms with E-state index >= 15 is 0 Å². The van der Waals surface area contributed by atoms with Gasteiger partial charge in [-0.3, -0.25) is 0 Å². The van der Waals surface area contributed by atoms with Crippen LogP contribution in [0.5, 0.6) is 5.75 Å². The van der Waals surface area contributed by atoms with Gasteiger partial charge in [0.2, 0.25) is 0 Å². The fourth-order valence-corrected chi connectivity index (χ4v) is 2.79. The van der Waals surface area contributed by atoms with E-state index < -0.39 is 0 Å². The molecule has 0 aliphatic rings. The van der Waals surface area contributed by atoms with E-state index in [0.29, 0.717) is 6.04 Å². The number of likely N-dealkylation sites (N-methyl/N-ethyl adjacent to an activating group) is 1. The van der Waals surface area contributed by atoms with Gasteiger partial charge in [0.05, 0.1) is 7.11 Å². The third kappa shape index (κ3) is 3.64. The van der Waals surface area contributed by atoms with Crippen molar-refractivity contribution < 1.29 is 4.74 Å². The predicted octanol–water partition coefficient (Wildman–Crippen LogP) is 4.12. The molecule has 0 aromatic heterocycles. The smallest absolute Gasteiger partial charge is 0.122 e. The summed E-state index contributed by atoms with van der Waals surface area (Å²) in [5, 5.41) is 3.45. The third-order valence-corrected chi connectivity index (χ3v) is 4.02. The lowest BCUT2D eigenvalue weighted by Crippen LogP contribution is -2.20. The number of methoxy groups -OCH3 is 1. The van der Waals surface area contributed by atoms with Gasteiger partial charge in [-0.1, -0.05) is 41.5 Å². The molecule has 2 aromatic carbocycles. The summed E-state index contributed by atoms with van der Waals surface area (Å²) in [4.78, 5) is 0. The van der Waals surface area contributed by atoms with Crippen LogP contribution in [0.25, 0.3) is 0 Å². The summed E-state index contributed by atoms with van der Waals surface area (Å²) in [5.74, 6) is 0.964. The maximum atomic E-state index is 5.51. The van der Waals surface area contributed by atoms with Crippen molar-refractivity contribution in [2.45, 2.75) is 33.2 Å². The summed E-state index contributed by atoms with van der Waals surface area (Å²) in [5.41, 5.74) is 6.50. The Morgan fingerprint density at radius 1 is 1.00 bits per heavy atom. The molecule has 1 unspecified atom stereocenters. The zero-order valence-corrected chi connectivity index (χ0v) is 13.7. The highest BCUT2D eigenvalue weighted by atomic mass is 16.5. The van der Waals surface area contributed by atoms with E-state index in [2.05, 4.69) is 62.5 Å². The van der Waals surface area contributed by atoms with Crippen molar-refractivity contribution in [3.63, 3.8) is 0 Å². The van der Waals surface area contributed by atoms with Gasteiger partial charge in [-0.2, -0.15) is 0 Å². The van der Waals surface area contributed by atoms with E-state index in [4.69, 9.17) is 4.74 Å². The minimum atomic E-state index is 0.292. The molecule has 0 heterocycles. The van der Waals surface area contributed by atoms with Crippen LogP contribution in [0, 0.1) is 20.8 Å². The van der Waals surface area contributed by atoms with Gasteiger partial charge in [0.15, 0.2) is 0 Å². The van der Waals surface area contributed by atoms with E-state index in [0.717, 1.165) is 12.2 Å². The maximum Gasteiger partial charge on any atom is 0.122 e. The predicted molar refractivity (Wildman–Crippen MR) is 89.2 cm³/mol. The van der Waals surface area contributed by atoms with Crippen LogP contribution in [0.15, 0.2) is 36.4 Å². The molecule has 0 radical (unpaired) electrons. The molecule has 0 aliphatic carbocycles. The Morgan fingerprint density at radius 3 is 2.33 bits per heavy atom. The van der Waals surface area contributed by atoms with Crippen molar-refractivity contribution in [3.8, 4) is 5.75 Å². The highest BCUT2D eigenvalue weighted by Crippen LogP contribution is 2.28. The molecular weight excluding hydrogens is 258 g/mol. The average Bonchev–Trinajstić information content (AvgIpc) is 2.47. The minimum absolute atomic E-state index is 0.292. The molecule has 0 bridgehead atoms. The molecule has 0 amide bonds. The van der Waals surface area contributed by atoms with Crippen molar-refractivity contribution in [1.82, 2.24) is 5.32 Å². The molecule has 2 nitrogen and oxygen atoms in total. The van der Waals surface area contributed by atoms with E-state index in [1.165, 1.54) is 27.8 Å². The van der Waals surface area contributed by atoms with Crippen molar-refractivity contribution in [1.29, 1.82) is 0 Å². The molecule has 0 aliphatic heterocycles. The molecule has 0 fully saturated rings. The maximum absolute atomic E-state index is 5.51. The van der Waals surface area contributed by atoms with Gasteiger partial charge >= 0.3 is 0 Å². The van der Waals surface area contributed by atoms with Crippen molar-refractivity contribution in [2.24, 2.45) is 0 Å². The Kier molecular flexibility index (Phi) is 5.03. The highest BCUT2D eigenvalue weighted by molar-refractivity contribution is 5.40. The largest absolute Gasteiger partial charge is 0.496 e. The normalized spacial score (nSPS) is 12.2. The molecule has 0 saturated heterocycles. The van der Waals surface area contributed by atoms with Gasteiger partial charge in [-0.15, -0.1) is 0 Å². The molecular formula is C19H25NO. The van der Waals surface area contributed by atoms with Crippen LogP contribution in [0.4, 0.5) is 0 Å². The van der Waals surface area contributed by atoms with Crippen LogP contribution < -0.4 is 10.1 Å². The van der Waals surface area contributed by atoms with Crippen LogP contribution in [0.2, 0.25) is 0 Å². The first kappa shape index (κ1) is 15.6. The molecule has 2 heteroatoms. The zero-order valence-electron chi connectivity index (χ0n) is 13.7. The van der Waals surface area contributed by atoms with Gasteiger partial charge in [0.1, 0.15) is 5.75 Å². The topological polar surface area (TPSA) is 21.3 Å². The highest BCUT2D eigenvalue weighted by Gasteiger charge is 2.15. The van der Waals surface area contributed by atoms with Gasteiger partial charge < -0.3 is 10.1 Å². The number of hydrogen-bond donors (Lipinski definition) is 1. The first-order valence-corrected chi connectivity index (χ1v) is 7.43. The zero-order chi connectivity index (χ0) is 15.4. The van der Waals surface area contributed by atoms with Crippen LogP contribution in [-0.4, -0.2) is 14.2 Å². The fourth-order valence-electron chi connectivity index (χ4n) is 2.79. The van der Waals surface area contributed by atoms with Gasteiger partial charge in [0.25, 0.3) is 0 Å². The molecule has 2 aromatic rings. The number of aryl methyl sites for hydroxylation is 3. The minimum Gasteiger partial charge on any atom is -0.496 e. The Morgan fingerprint density at radius 2 is 1.67 bits per heavy atom. The van der Waals surface area contributed by atoms with Gasteiger partial charge in [-0.25, -0.2) is 0 Å². The van der Waals surface area contributed by atoms with Gasteiger partial charge in [0, 0.05) is 6.04 Å². The molecule has 21 heavy (non-hydrogen) atoms. The molecule has 0 saturated carbocycles. The SMILES string of the molecule is CNC(Cc1cc(C)ccc1OC)c1cc(C)ccc1C. The second-order valence-electron chi connectivity index (χ2n) is 5.72. The number of rotatable bonds is 5. The van der Waals surface area contributed by atoms with E-state index in [1.54, 1.807) is 7.11 Å². The number of benzene rings is 2. The Bertz CT molecular complexity index is 619. The second kappa shape index (κ2) is 6.77. The lowest BCUT2D eigenvalue weighted by Gasteiger charge is -2.21. The van der Waals surface area contributed by atoms with Crippen molar-refractivity contribution >= 4 is 0 Å². The third-order valence-electron chi connectivity index (χ3n) is 4.02. The van der Waals surface area contributed by atoms with E-state index in [9.17, 15) is 0 Å². The van der Waals surface area contributed by atoms with Gasteiger partial charge in [-0.05, 0) is 57.0 Å². The standard InChI is InChI=1S/C19H25NO/c1-13-7-9-19(21-5)16(10-13)12-18(20-4)17-11-14(2)6-8-15(17)3/h6-11,18,20H,12H2,1-5H3. The Labute approximate surface area is 128 Å². The second-order valence-corrected chi connectivity index (χ2v) is 5.72. The van der Waals surface area contributed by atoms with Crippen LogP contribution in [0.3, 0.4) is 0 Å². The quantitative estimate of drug-likeness (QED) is 0.891. The molecule has 1 N–H and O–H groups in total. The summed E-state index contributed by atoms with van der Waals surface area (Å²) in [6.07, 6.45) is 0.922. The number of ether oxygens (including phenoxy) is 1. The van der Waals surface area contributed by atoms with Crippen LogP contribution in [0.1, 0.15) is 33.9 Å². The van der Waals surface area contributed by atoms with E-state index in [1.807, 2.05) is 7.05 Å². The lowest BCUT2D eigenvalue weighted by molar-refractivity contribution is 0.406. The molecule has 0 spiro atoms. The fraction of sp³-hybridized carbons (Fsp3) is 0.368. The summed E-state index contributed by atoms with van der Waals surface area (Å²) >= 11 is 0. The van der Waals surface area contributed by atoms with Crippen LogP contribution in [-0.2, 0) is 6.42 Å². The Balaban J connectivity index is 2.35. The molecule has 1 atom stereocenters. The summed E-state index contributed by atoms with van der Waals surface area (Å²) in [7, 11) is 3.76. The molecule has 112 valence electrons. The van der Waals surface area contributed by atoms with Crippen LogP contribution >= 0.6 is 0 Å². The monoisotopic (exact) mass is 283 g/mol. The Hall–Kier alpha value is -1.80. The molecule has 2 rings (SSSR count). The summed E-state index contributed by atoms with van der Waals surface area (Å²) in [6, 6.07) is 13.3. The van der Waals surface area contributed by atoms with E-state index in [-0.39, 0.29) is 0 Å². The number of hydrogen-bond acceptors (Lipinski definition) is 2. The van der Waals surface area contributed by atoms with Crippen molar-refractivity contribution in [3.05, 3.63) is 64.2 Å². The van der Waals surface area contributed by atoms with Crippen molar-refractivity contribution in [2.75, 3.05) is 14.2 Å². The summed E-state index contributed by atoms with van der Waals surface area (Å²) in [6.45, 7) is 6.44.